The van der Waals surface area contributed by atoms with Crippen LogP contribution >= 0.6 is 27.3 Å². The first-order valence-electron chi connectivity index (χ1n) is 9.28. The summed E-state index contributed by atoms with van der Waals surface area (Å²) in [6, 6.07) is 13.5. The first-order chi connectivity index (χ1) is 14.3. The average Bonchev–Trinajstić information content (AvgIpc) is 3.03. The molecule has 0 fully saturated rings. The van der Waals surface area contributed by atoms with Gasteiger partial charge >= 0.3 is 5.97 Å². The Balaban J connectivity index is 1.86. The molecule has 0 saturated carbocycles. The molecule has 1 amide bonds. The van der Waals surface area contributed by atoms with E-state index in [9.17, 15) is 9.59 Å². The maximum atomic E-state index is 12.6. The molecule has 5 nitrogen and oxygen atoms in total. The van der Waals surface area contributed by atoms with Crippen LogP contribution in [0.5, 0.6) is 5.75 Å². The van der Waals surface area contributed by atoms with Crippen LogP contribution in [0.4, 0.5) is 5.00 Å². The maximum absolute atomic E-state index is 12.6. The van der Waals surface area contributed by atoms with Crippen molar-refractivity contribution >= 4 is 44.1 Å². The number of methoxy groups -OCH3 is 1. The lowest BCUT2D eigenvalue weighted by atomic mass is 10.0. The number of ether oxygens (including phenoxy) is 2. The lowest BCUT2D eigenvalue weighted by Gasteiger charge is -2.12. The highest BCUT2D eigenvalue weighted by molar-refractivity contribution is 9.10. The zero-order valence-corrected chi connectivity index (χ0v) is 19.6. The van der Waals surface area contributed by atoms with Gasteiger partial charge in [-0.15, -0.1) is 11.3 Å². The van der Waals surface area contributed by atoms with Crippen molar-refractivity contribution in [3.8, 4) is 16.9 Å². The minimum atomic E-state index is -0.497. The van der Waals surface area contributed by atoms with Crippen LogP contribution < -0.4 is 10.1 Å². The van der Waals surface area contributed by atoms with Gasteiger partial charge in [0.25, 0.3) is 5.91 Å². The molecule has 3 rings (SSSR count). The van der Waals surface area contributed by atoms with E-state index in [0.29, 0.717) is 16.3 Å². The predicted molar refractivity (Wildman–Crippen MR) is 124 cm³/mol. The third kappa shape index (κ3) is 4.74. The van der Waals surface area contributed by atoms with Crippen molar-refractivity contribution in [3.63, 3.8) is 0 Å². The zero-order valence-electron chi connectivity index (χ0n) is 17.2. The van der Waals surface area contributed by atoms with Gasteiger partial charge in [0.2, 0.25) is 0 Å². The van der Waals surface area contributed by atoms with Crippen molar-refractivity contribution in [2.45, 2.75) is 20.8 Å². The predicted octanol–water partition coefficient (Wildman–Crippen LogP) is 5.91. The van der Waals surface area contributed by atoms with Crippen molar-refractivity contribution in [2.24, 2.45) is 0 Å². The van der Waals surface area contributed by atoms with E-state index in [1.165, 1.54) is 18.4 Å². The SMILES string of the molecule is COC(=O)c1c(NC(=O)COc2c(C)cccc2C)sc(C)c1-c1ccc(Br)cc1. The first kappa shape index (κ1) is 22.1. The Labute approximate surface area is 188 Å². The Morgan fingerprint density at radius 1 is 1.03 bits per heavy atom. The number of amides is 1. The molecule has 156 valence electrons. The number of benzene rings is 2. The quantitative estimate of drug-likeness (QED) is 0.439. The summed E-state index contributed by atoms with van der Waals surface area (Å²) in [5.74, 6) is -0.145. The molecule has 30 heavy (non-hydrogen) atoms. The molecule has 0 bridgehead atoms. The molecule has 0 aliphatic rings. The third-order valence-electron chi connectivity index (χ3n) is 4.62. The van der Waals surface area contributed by atoms with E-state index in [0.717, 1.165) is 31.6 Å². The highest BCUT2D eigenvalue weighted by Gasteiger charge is 2.25. The van der Waals surface area contributed by atoms with Gasteiger partial charge in [-0.05, 0) is 49.6 Å². The van der Waals surface area contributed by atoms with E-state index in [1.54, 1.807) is 0 Å². The fourth-order valence-corrected chi connectivity index (χ4v) is 4.57. The monoisotopic (exact) mass is 487 g/mol. The Kier molecular flexibility index (Phi) is 6.95. The summed E-state index contributed by atoms with van der Waals surface area (Å²) in [4.78, 5) is 26.0. The molecule has 1 aromatic heterocycles. The number of halogens is 1. The largest absolute Gasteiger partial charge is 0.483 e. The highest BCUT2D eigenvalue weighted by atomic mass is 79.9. The van der Waals surface area contributed by atoms with E-state index < -0.39 is 5.97 Å². The fraction of sp³-hybridized carbons (Fsp3) is 0.217. The number of carbonyl (C=O) groups is 2. The number of carbonyl (C=O) groups excluding carboxylic acids is 2. The Hall–Kier alpha value is -2.64. The van der Waals surface area contributed by atoms with E-state index >= 15 is 0 Å². The van der Waals surface area contributed by atoms with E-state index in [-0.39, 0.29) is 12.5 Å². The summed E-state index contributed by atoms with van der Waals surface area (Å²) in [7, 11) is 1.33. The summed E-state index contributed by atoms with van der Waals surface area (Å²) in [5.41, 5.74) is 3.90. The molecule has 0 spiro atoms. The van der Waals surface area contributed by atoms with Gasteiger partial charge in [-0.1, -0.05) is 46.3 Å². The van der Waals surface area contributed by atoms with E-state index in [1.807, 2.05) is 63.2 Å². The minimum Gasteiger partial charge on any atom is -0.483 e. The number of para-hydroxylation sites is 1. The molecule has 0 aliphatic heterocycles. The van der Waals surface area contributed by atoms with Crippen LogP contribution in [-0.2, 0) is 9.53 Å². The number of nitrogens with one attached hydrogen (secondary N) is 1. The van der Waals surface area contributed by atoms with Crippen LogP contribution in [0.3, 0.4) is 0 Å². The Morgan fingerprint density at radius 3 is 2.27 bits per heavy atom. The van der Waals surface area contributed by atoms with Crippen LogP contribution in [0.15, 0.2) is 46.9 Å². The number of hydrogen-bond acceptors (Lipinski definition) is 5. The maximum Gasteiger partial charge on any atom is 0.341 e. The second-order valence-corrected chi connectivity index (χ2v) is 8.93. The Bertz CT molecular complexity index is 1070. The van der Waals surface area contributed by atoms with Crippen LogP contribution in [0, 0.1) is 20.8 Å². The van der Waals surface area contributed by atoms with Crippen molar-refractivity contribution in [1.29, 1.82) is 0 Å². The van der Waals surface area contributed by atoms with Crippen LogP contribution in [0.25, 0.3) is 11.1 Å². The van der Waals surface area contributed by atoms with Gasteiger partial charge in [0.05, 0.1) is 7.11 Å². The molecule has 7 heteroatoms. The van der Waals surface area contributed by atoms with Gasteiger partial charge in [-0.2, -0.15) is 0 Å². The summed E-state index contributed by atoms with van der Waals surface area (Å²) in [6.07, 6.45) is 0. The van der Waals surface area contributed by atoms with Crippen molar-refractivity contribution in [3.05, 3.63) is 68.5 Å². The molecule has 0 atom stereocenters. The minimum absolute atomic E-state index is 0.156. The smallest absolute Gasteiger partial charge is 0.341 e. The molecular formula is C23H22BrNO4S. The van der Waals surface area contributed by atoms with Gasteiger partial charge in [0.1, 0.15) is 16.3 Å². The molecule has 0 unspecified atom stereocenters. The molecule has 1 N–H and O–H groups in total. The van der Waals surface area contributed by atoms with Gasteiger partial charge in [0, 0.05) is 14.9 Å². The van der Waals surface area contributed by atoms with E-state index in [4.69, 9.17) is 9.47 Å². The van der Waals surface area contributed by atoms with Gasteiger partial charge in [-0.3, -0.25) is 4.79 Å². The topological polar surface area (TPSA) is 64.6 Å². The van der Waals surface area contributed by atoms with Crippen LogP contribution in [-0.4, -0.2) is 25.6 Å². The third-order valence-corrected chi connectivity index (χ3v) is 6.17. The molecular weight excluding hydrogens is 466 g/mol. The molecule has 0 aliphatic carbocycles. The lowest BCUT2D eigenvalue weighted by Crippen LogP contribution is -2.21. The second-order valence-electron chi connectivity index (χ2n) is 6.79. The second kappa shape index (κ2) is 9.45. The number of anilines is 1. The molecule has 2 aromatic carbocycles. The Morgan fingerprint density at radius 2 is 1.67 bits per heavy atom. The number of esters is 1. The molecule has 0 radical (unpaired) electrons. The average molecular weight is 488 g/mol. The summed E-state index contributed by atoms with van der Waals surface area (Å²) in [6.45, 7) is 5.62. The van der Waals surface area contributed by atoms with Gasteiger partial charge in [0.15, 0.2) is 6.61 Å². The highest BCUT2D eigenvalue weighted by Crippen LogP contribution is 2.40. The number of thiophene rings is 1. The van der Waals surface area contributed by atoms with Crippen LogP contribution in [0.1, 0.15) is 26.4 Å². The van der Waals surface area contributed by atoms with Crippen LogP contribution in [0.2, 0.25) is 0 Å². The zero-order chi connectivity index (χ0) is 21.8. The summed E-state index contributed by atoms with van der Waals surface area (Å²) < 4.78 is 11.7. The number of rotatable bonds is 6. The van der Waals surface area contributed by atoms with Crippen molar-refractivity contribution in [2.75, 3.05) is 19.0 Å². The van der Waals surface area contributed by atoms with Gasteiger partial charge < -0.3 is 14.8 Å². The van der Waals surface area contributed by atoms with E-state index in [2.05, 4.69) is 21.2 Å². The number of aryl methyl sites for hydroxylation is 3. The standard InChI is InChI=1S/C23H22BrNO4S/c1-13-6-5-7-14(2)21(13)29-12-18(26)25-22-20(23(27)28-4)19(15(3)30-22)16-8-10-17(24)11-9-16/h5-11H,12H2,1-4H3,(H,25,26). The number of hydrogen-bond donors (Lipinski definition) is 1. The molecule has 1 heterocycles. The summed E-state index contributed by atoms with van der Waals surface area (Å²) >= 11 is 4.76. The van der Waals surface area contributed by atoms with Crippen molar-refractivity contribution in [1.82, 2.24) is 0 Å². The van der Waals surface area contributed by atoms with Crippen molar-refractivity contribution < 1.29 is 19.1 Å². The first-order valence-corrected chi connectivity index (χ1v) is 10.9. The fourth-order valence-electron chi connectivity index (χ4n) is 3.22. The van der Waals surface area contributed by atoms with Gasteiger partial charge in [-0.25, -0.2) is 4.79 Å². The lowest BCUT2D eigenvalue weighted by molar-refractivity contribution is -0.118. The molecule has 3 aromatic rings. The summed E-state index contributed by atoms with van der Waals surface area (Å²) in [5, 5.41) is 3.27. The molecule has 0 saturated heterocycles. The normalized spacial score (nSPS) is 10.6.